The standard InChI is InChI=1S/C11H15BrN2O2S/c1-9-8-14(6-5-13-9)17(15,16)11-4-2-3-10(12)7-11/h2-4,7,9,13H,5-6,8H2,1H3/t9-/m1/s1. The predicted octanol–water partition coefficient (Wildman–Crippen LogP) is 1.43. The highest BCUT2D eigenvalue weighted by molar-refractivity contribution is 9.10. The maximum absolute atomic E-state index is 12.4. The molecule has 1 aliphatic heterocycles. The maximum Gasteiger partial charge on any atom is 0.243 e. The lowest BCUT2D eigenvalue weighted by Crippen LogP contribution is -2.51. The van der Waals surface area contributed by atoms with Crippen molar-refractivity contribution >= 4 is 26.0 Å². The summed E-state index contributed by atoms with van der Waals surface area (Å²) in [7, 11) is -3.35. The topological polar surface area (TPSA) is 49.4 Å². The zero-order valence-corrected chi connectivity index (χ0v) is 12.0. The summed E-state index contributed by atoms with van der Waals surface area (Å²) in [5, 5.41) is 3.23. The van der Waals surface area contributed by atoms with E-state index in [2.05, 4.69) is 21.2 Å². The van der Waals surface area contributed by atoms with Gasteiger partial charge in [0.15, 0.2) is 0 Å². The van der Waals surface area contributed by atoms with Crippen LogP contribution in [-0.4, -0.2) is 38.4 Å². The van der Waals surface area contributed by atoms with Crippen LogP contribution in [0.2, 0.25) is 0 Å². The highest BCUT2D eigenvalue weighted by Crippen LogP contribution is 2.20. The second-order valence-electron chi connectivity index (χ2n) is 4.18. The van der Waals surface area contributed by atoms with Gasteiger partial charge in [0.05, 0.1) is 4.90 Å². The molecule has 6 heteroatoms. The third kappa shape index (κ3) is 2.88. The number of hydrogen-bond donors (Lipinski definition) is 1. The van der Waals surface area contributed by atoms with Crippen molar-refractivity contribution in [2.45, 2.75) is 17.9 Å². The molecule has 1 aromatic carbocycles. The minimum Gasteiger partial charge on any atom is -0.312 e. The van der Waals surface area contributed by atoms with Crippen molar-refractivity contribution in [1.29, 1.82) is 0 Å². The van der Waals surface area contributed by atoms with Crippen LogP contribution in [0.1, 0.15) is 6.92 Å². The van der Waals surface area contributed by atoms with E-state index < -0.39 is 10.0 Å². The van der Waals surface area contributed by atoms with Crippen molar-refractivity contribution in [2.75, 3.05) is 19.6 Å². The van der Waals surface area contributed by atoms with E-state index in [-0.39, 0.29) is 6.04 Å². The number of rotatable bonds is 2. The summed E-state index contributed by atoms with van der Waals surface area (Å²) in [5.74, 6) is 0. The molecule has 0 aromatic heterocycles. The fourth-order valence-electron chi connectivity index (χ4n) is 1.89. The first-order chi connectivity index (χ1) is 8.00. The zero-order valence-electron chi connectivity index (χ0n) is 9.56. The number of nitrogens with one attached hydrogen (secondary N) is 1. The predicted molar refractivity (Wildman–Crippen MR) is 70.4 cm³/mol. The van der Waals surface area contributed by atoms with Crippen LogP contribution in [0.15, 0.2) is 33.6 Å². The highest BCUT2D eigenvalue weighted by atomic mass is 79.9. The molecule has 1 heterocycles. The largest absolute Gasteiger partial charge is 0.312 e. The summed E-state index contributed by atoms with van der Waals surface area (Å²) in [5.41, 5.74) is 0. The summed E-state index contributed by atoms with van der Waals surface area (Å²) in [6.45, 7) is 3.74. The fourth-order valence-corrected chi connectivity index (χ4v) is 4.02. The number of sulfonamides is 1. The second kappa shape index (κ2) is 5.06. The van der Waals surface area contributed by atoms with Crippen molar-refractivity contribution in [3.8, 4) is 0 Å². The van der Waals surface area contributed by atoms with Crippen LogP contribution in [0.4, 0.5) is 0 Å². The van der Waals surface area contributed by atoms with E-state index in [0.29, 0.717) is 24.5 Å². The molecule has 1 fully saturated rings. The van der Waals surface area contributed by atoms with Gasteiger partial charge in [0.25, 0.3) is 0 Å². The molecule has 0 radical (unpaired) electrons. The minimum atomic E-state index is -3.35. The molecule has 0 spiro atoms. The van der Waals surface area contributed by atoms with Gasteiger partial charge in [-0.3, -0.25) is 0 Å². The van der Waals surface area contributed by atoms with Crippen molar-refractivity contribution in [3.63, 3.8) is 0 Å². The molecular weight excluding hydrogens is 304 g/mol. The molecule has 94 valence electrons. The lowest BCUT2D eigenvalue weighted by atomic mass is 10.3. The molecule has 1 atom stereocenters. The Morgan fingerprint density at radius 1 is 1.47 bits per heavy atom. The Morgan fingerprint density at radius 2 is 2.24 bits per heavy atom. The highest BCUT2D eigenvalue weighted by Gasteiger charge is 2.28. The molecule has 17 heavy (non-hydrogen) atoms. The lowest BCUT2D eigenvalue weighted by molar-refractivity contribution is 0.310. The lowest BCUT2D eigenvalue weighted by Gasteiger charge is -2.31. The molecule has 0 amide bonds. The third-order valence-corrected chi connectivity index (χ3v) is 5.12. The van der Waals surface area contributed by atoms with E-state index in [1.165, 1.54) is 4.31 Å². The van der Waals surface area contributed by atoms with Gasteiger partial charge >= 0.3 is 0 Å². The van der Waals surface area contributed by atoms with Crippen LogP contribution in [-0.2, 0) is 10.0 Å². The van der Waals surface area contributed by atoms with Gasteiger partial charge in [-0.2, -0.15) is 4.31 Å². The minimum absolute atomic E-state index is 0.200. The first-order valence-electron chi connectivity index (χ1n) is 5.49. The number of benzene rings is 1. The number of piperazine rings is 1. The van der Waals surface area contributed by atoms with E-state index in [1.807, 2.05) is 13.0 Å². The van der Waals surface area contributed by atoms with Gasteiger partial charge in [-0.15, -0.1) is 0 Å². The van der Waals surface area contributed by atoms with Gasteiger partial charge in [-0.05, 0) is 25.1 Å². The molecule has 1 saturated heterocycles. The summed E-state index contributed by atoms with van der Waals surface area (Å²) in [4.78, 5) is 0.348. The summed E-state index contributed by atoms with van der Waals surface area (Å²) in [6.07, 6.45) is 0. The van der Waals surface area contributed by atoms with E-state index in [9.17, 15) is 8.42 Å². The van der Waals surface area contributed by atoms with Crippen LogP contribution in [0, 0.1) is 0 Å². The Morgan fingerprint density at radius 3 is 2.88 bits per heavy atom. The molecule has 0 unspecified atom stereocenters. The van der Waals surface area contributed by atoms with Crippen LogP contribution < -0.4 is 5.32 Å². The molecule has 1 N–H and O–H groups in total. The maximum atomic E-state index is 12.4. The van der Waals surface area contributed by atoms with Crippen molar-refractivity contribution in [1.82, 2.24) is 9.62 Å². The summed E-state index contributed by atoms with van der Waals surface area (Å²) < 4.78 is 27.0. The van der Waals surface area contributed by atoms with Gasteiger partial charge in [-0.25, -0.2) is 8.42 Å². The van der Waals surface area contributed by atoms with E-state index >= 15 is 0 Å². The van der Waals surface area contributed by atoms with Crippen LogP contribution in [0.25, 0.3) is 0 Å². The number of hydrogen-bond acceptors (Lipinski definition) is 3. The van der Waals surface area contributed by atoms with E-state index in [4.69, 9.17) is 0 Å². The molecule has 1 aliphatic rings. The van der Waals surface area contributed by atoms with E-state index in [1.54, 1.807) is 18.2 Å². The Balaban J connectivity index is 2.29. The first-order valence-corrected chi connectivity index (χ1v) is 7.72. The molecule has 0 bridgehead atoms. The average molecular weight is 319 g/mol. The quantitative estimate of drug-likeness (QED) is 0.897. The Labute approximate surface area is 110 Å². The van der Waals surface area contributed by atoms with Crippen LogP contribution >= 0.6 is 15.9 Å². The molecule has 0 aliphatic carbocycles. The average Bonchev–Trinajstić information content (AvgIpc) is 2.29. The fraction of sp³-hybridized carbons (Fsp3) is 0.455. The smallest absolute Gasteiger partial charge is 0.243 e. The SMILES string of the molecule is C[C@@H]1CN(S(=O)(=O)c2cccc(Br)c2)CCN1. The molecule has 2 rings (SSSR count). The number of halogens is 1. The van der Waals surface area contributed by atoms with Gasteiger partial charge in [0.2, 0.25) is 10.0 Å². The summed E-state index contributed by atoms with van der Waals surface area (Å²) >= 11 is 3.30. The second-order valence-corrected chi connectivity index (χ2v) is 7.03. The normalized spacial score (nSPS) is 22.6. The molecule has 0 saturated carbocycles. The molecule has 1 aromatic rings. The van der Waals surface area contributed by atoms with Crippen LogP contribution in [0.3, 0.4) is 0 Å². The Hall–Kier alpha value is -0.430. The van der Waals surface area contributed by atoms with Gasteiger partial charge < -0.3 is 5.32 Å². The Kier molecular flexibility index (Phi) is 3.87. The zero-order chi connectivity index (χ0) is 12.5. The van der Waals surface area contributed by atoms with Gasteiger partial charge in [0.1, 0.15) is 0 Å². The Bertz CT molecular complexity index is 504. The monoisotopic (exact) mass is 318 g/mol. The van der Waals surface area contributed by atoms with Gasteiger partial charge in [0, 0.05) is 30.1 Å². The summed E-state index contributed by atoms with van der Waals surface area (Å²) in [6, 6.07) is 7.03. The first kappa shape index (κ1) is 13.0. The molecular formula is C11H15BrN2O2S. The van der Waals surface area contributed by atoms with Crippen molar-refractivity contribution < 1.29 is 8.42 Å². The van der Waals surface area contributed by atoms with Crippen molar-refractivity contribution in [2.24, 2.45) is 0 Å². The number of nitrogens with zero attached hydrogens (tertiary/aromatic N) is 1. The van der Waals surface area contributed by atoms with Crippen molar-refractivity contribution in [3.05, 3.63) is 28.7 Å². The van der Waals surface area contributed by atoms with Gasteiger partial charge in [-0.1, -0.05) is 22.0 Å². The third-order valence-electron chi connectivity index (χ3n) is 2.77. The van der Waals surface area contributed by atoms with E-state index in [0.717, 1.165) is 4.47 Å². The molecule has 4 nitrogen and oxygen atoms in total. The van der Waals surface area contributed by atoms with Crippen LogP contribution in [0.5, 0.6) is 0 Å².